The van der Waals surface area contributed by atoms with Gasteiger partial charge in [-0.05, 0) is 52.8 Å². The summed E-state index contributed by atoms with van der Waals surface area (Å²) < 4.78 is 0. The zero-order valence-electron chi connectivity index (χ0n) is 22.0. The molecule has 1 amide bonds. The molecule has 6 N–H and O–H groups in total. The number of benzene rings is 2. The second-order valence-corrected chi connectivity index (χ2v) is 12.3. The topological polar surface area (TPSA) is 158 Å². The molecule has 3 aliphatic carbocycles. The molecule has 38 heavy (non-hydrogen) atoms. The van der Waals surface area contributed by atoms with Gasteiger partial charge in [0.1, 0.15) is 17.8 Å². The number of Topliss-reactive ketones (excluding diaryl/α,β-unsaturated/α-hetero) is 2. The third-order valence-electron chi connectivity index (χ3n) is 9.75. The number of carbonyl (C=O) groups excluding carboxylic acids is 3. The predicted molar refractivity (Wildman–Crippen MR) is 139 cm³/mol. The summed E-state index contributed by atoms with van der Waals surface area (Å²) in [6, 6.07) is 12.7. The fraction of sp³-hybridized carbons (Fsp3) is 0.500. The molecule has 8 nitrogen and oxygen atoms in total. The molecule has 0 bridgehead atoms. The lowest BCUT2D eigenvalue weighted by molar-refractivity contribution is -0.265. The quantitative estimate of drug-likeness (QED) is 0.388. The molecule has 0 spiro atoms. The number of carbonyl (C=O) groups is 3. The second kappa shape index (κ2) is 8.46. The number of hydrogen-bond acceptors (Lipinski definition) is 7. The smallest absolute Gasteiger partial charge is 0.230 e. The summed E-state index contributed by atoms with van der Waals surface area (Å²) in [5, 5.41) is 46.0. The summed E-state index contributed by atoms with van der Waals surface area (Å²) in [6.07, 6.45) is -2.93. The van der Waals surface area contributed by atoms with E-state index in [0.29, 0.717) is 5.56 Å². The van der Waals surface area contributed by atoms with E-state index in [9.17, 15) is 34.8 Å². The molecular weight excluding hydrogens is 486 g/mol. The van der Waals surface area contributed by atoms with Gasteiger partial charge < -0.3 is 26.2 Å². The monoisotopic (exact) mass is 521 g/mol. The van der Waals surface area contributed by atoms with Crippen molar-refractivity contribution < 1.29 is 34.8 Å². The summed E-state index contributed by atoms with van der Waals surface area (Å²) in [7, 11) is 0. The van der Waals surface area contributed by atoms with Crippen molar-refractivity contribution in [1.29, 1.82) is 0 Å². The van der Waals surface area contributed by atoms with Gasteiger partial charge in [0, 0.05) is 5.41 Å². The minimum absolute atomic E-state index is 0.0650. The van der Waals surface area contributed by atoms with Crippen molar-refractivity contribution in [2.75, 3.05) is 0 Å². The normalized spacial score (nSPS) is 38.4. The first-order valence-corrected chi connectivity index (χ1v) is 13.1. The molecule has 8 atom stereocenters. The van der Waals surface area contributed by atoms with Gasteiger partial charge in [0.15, 0.2) is 17.2 Å². The number of aliphatic hydroxyl groups is 3. The van der Waals surface area contributed by atoms with Gasteiger partial charge in [0.25, 0.3) is 0 Å². The Hall–Kier alpha value is -3.07. The maximum atomic E-state index is 14.1. The molecule has 2 aromatic carbocycles. The molecule has 3 aliphatic rings. The van der Waals surface area contributed by atoms with Crippen LogP contribution in [0.15, 0.2) is 42.5 Å². The van der Waals surface area contributed by atoms with E-state index in [1.54, 1.807) is 13.0 Å². The molecule has 0 radical (unpaired) electrons. The van der Waals surface area contributed by atoms with Crippen LogP contribution >= 0.6 is 0 Å². The molecule has 202 valence electrons. The summed E-state index contributed by atoms with van der Waals surface area (Å²) in [5.41, 5.74) is 3.03. The van der Waals surface area contributed by atoms with Crippen molar-refractivity contribution in [3.63, 3.8) is 0 Å². The van der Waals surface area contributed by atoms with Crippen LogP contribution in [0.25, 0.3) is 11.1 Å². The van der Waals surface area contributed by atoms with Crippen LogP contribution in [-0.4, -0.2) is 55.7 Å². The van der Waals surface area contributed by atoms with Crippen molar-refractivity contribution >= 4 is 17.5 Å². The number of phenolic OH excluding ortho intramolecular Hbond substituents is 1. The van der Waals surface area contributed by atoms with Gasteiger partial charge in [-0.3, -0.25) is 14.4 Å². The molecule has 8 heteroatoms. The molecule has 2 unspecified atom stereocenters. The highest BCUT2D eigenvalue weighted by Crippen LogP contribution is 2.66. The maximum absolute atomic E-state index is 14.1. The Labute approximate surface area is 221 Å². The molecule has 0 saturated heterocycles. The lowest BCUT2D eigenvalue weighted by Gasteiger charge is -2.66. The van der Waals surface area contributed by atoms with Crippen molar-refractivity contribution in [3.05, 3.63) is 53.6 Å². The summed E-state index contributed by atoms with van der Waals surface area (Å²) in [5.74, 6) is -6.97. The number of rotatable bonds is 3. The van der Waals surface area contributed by atoms with E-state index in [2.05, 4.69) is 0 Å². The van der Waals surface area contributed by atoms with E-state index in [-0.39, 0.29) is 30.1 Å². The lowest BCUT2D eigenvalue weighted by atomic mass is 9.39. The number of ketones is 2. The van der Waals surface area contributed by atoms with E-state index in [1.807, 2.05) is 51.1 Å². The van der Waals surface area contributed by atoms with E-state index in [0.717, 1.165) is 11.1 Å². The van der Waals surface area contributed by atoms with Crippen LogP contribution in [0.2, 0.25) is 0 Å². The van der Waals surface area contributed by atoms with Crippen molar-refractivity contribution in [2.45, 2.75) is 58.3 Å². The van der Waals surface area contributed by atoms with Crippen molar-refractivity contribution in [3.8, 4) is 16.9 Å². The maximum Gasteiger partial charge on any atom is 0.230 e. The van der Waals surface area contributed by atoms with Crippen LogP contribution in [-0.2, 0) is 16.0 Å². The fourth-order valence-electron chi connectivity index (χ4n) is 8.42. The first-order chi connectivity index (χ1) is 17.7. The summed E-state index contributed by atoms with van der Waals surface area (Å²) >= 11 is 0. The fourth-order valence-corrected chi connectivity index (χ4v) is 8.42. The average molecular weight is 522 g/mol. The van der Waals surface area contributed by atoms with Gasteiger partial charge in [-0.25, -0.2) is 0 Å². The average Bonchev–Trinajstić information content (AvgIpc) is 2.81. The van der Waals surface area contributed by atoms with Crippen LogP contribution in [0.1, 0.15) is 50.0 Å². The molecule has 0 aliphatic heterocycles. The van der Waals surface area contributed by atoms with Crippen molar-refractivity contribution in [1.82, 2.24) is 0 Å². The third kappa shape index (κ3) is 3.23. The Morgan fingerprint density at radius 3 is 2.26 bits per heavy atom. The third-order valence-corrected chi connectivity index (χ3v) is 9.75. The van der Waals surface area contributed by atoms with Crippen LogP contribution in [0.3, 0.4) is 0 Å². The highest BCUT2D eigenvalue weighted by Gasteiger charge is 2.75. The van der Waals surface area contributed by atoms with Gasteiger partial charge in [-0.15, -0.1) is 0 Å². The molecule has 2 saturated carbocycles. The Bertz CT molecular complexity index is 1340. The number of fused-ring (bicyclic) bond motifs is 3. The van der Waals surface area contributed by atoms with E-state index >= 15 is 0 Å². The van der Waals surface area contributed by atoms with Crippen LogP contribution in [0.5, 0.6) is 5.75 Å². The standard InChI is InChI=1S/C30H35NO7/c1-14(2)21-24(34)20(27(31)37)25(35)30(38)26(36)22-23(33)19-17(12-28(22,3)13-29(21,30)4)16(10-11-18(19)32)15-8-6-5-7-9-15/h5-11,14,20-22,24,26,32,34,36,38H,12-13H2,1-4H3,(H2,31,37)/t20-,21+,22-,24?,26?,28-,29-,30+/m1/s1. The highest BCUT2D eigenvalue weighted by atomic mass is 16.4. The number of aliphatic hydroxyl groups excluding tert-OH is 2. The molecular formula is C30H35NO7. The number of phenols is 1. The van der Waals surface area contributed by atoms with Gasteiger partial charge in [-0.1, -0.05) is 64.1 Å². The Balaban J connectivity index is 1.74. The molecule has 0 heterocycles. The lowest BCUT2D eigenvalue weighted by Crippen LogP contribution is -2.79. The number of amides is 1. The van der Waals surface area contributed by atoms with Gasteiger partial charge >= 0.3 is 0 Å². The second-order valence-electron chi connectivity index (χ2n) is 12.3. The van der Waals surface area contributed by atoms with Crippen LogP contribution in [0, 0.1) is 34.5 Å². The number of nitrogens with two attached hydrogens (primary N) is 1. The van der Waals surface area contributed by atoms with Gasteiger partial charge in [-0.2, -0.15) is 0 Å². The van der Waals surface area contributed by atoms with Crippen LogP contribution in [0.4, 0.5) is 0 Å². The highest BCUT2D eigenvalue weighted by molar-refractivity contribution is 6.09. The Morgan fingerprint density at radius 2 is 1.68 bits per heavy atom. The number of primary amides is 1. The zero-order chi connectivity index (χ0) is 27.9. The first kappa shape index (κ1) is 26.5. The zero-order valence-corrected chi connectivity index (χ0v) is 22.0. The van der Waals surface area contributed by atoms with E-state index in [1.165, 1.54) is 6.07 Å². The summed E-state index contributed by atoms with van der Waals surface area (Å²) in [4.78, 5) is 40.1. The van der Waals surface area contributed by atoms with Crippen LogP contribution < -0.4 is 5.73 Å². The number of hydrogen-bond donors (Lipinski definition) is 5. The van der Waals surface area contributed by atoms with Gasteiger partial charge in [0.2, 0.25) is 5.91 Å². The largest absolute Gasteiger partial charge is 0.507 e. The minimum atomic E-state index is -2.51. The number of aromatic hydroxyl groups is 1. The van der Waals surface area contributed by atoms with E-state index in [4.69, 9.17) is 5.73 Å². The van der Waals surface area contributed by atoms with Gasteiger partial charge in [0.05, 0.1) is 17.6 Å². The minimum Gasteiger partial charge on any atom is -0.507 e. The summed E-state index contributed by atoms with van der Waals surface area (Å²) in [6.45, 7) is 7.14. The molecule has 0 aromatic heterocycles. The Kier molecular flexibility index (Phi) is 5.91. The Morgan fingerprint density at radius 1 is 1.05 bits per heavy atom. The van der Waals surface area contributed by atoms with Crippen molar-refractivity contribution in [2.24, 2.45) is 40.2 Å². The van der Waals surface area contributed by atoms with E-state index < -0.39 is 63.9 Å². The molecule has 5 rings (SSSR count). The predicted octanol–water partition coefficient (Wildman–Crippen LogP) is 2.24. The SMILES string of the molecule is CC(C)[C@H]1C(O)[C@@H](C(N)=O)C(=O)[C@]2(O)C(O)[C@H]3C(=O)c4c(O)ccc(-c5ccccc5)c4C[C@]3(C)C[C@]12C. The molecule has 2 fully saturated rings. The molecule has 2 aromatic rings. The first-order valence-electron chi connectivity index (χ1n) is 13.1.